The van der Waals surface area contributed by atoms with Gasteiger partial charge in [0.2, 0.25) is 5.91 Å². The molecule has 150 valence electrons. The Morgan fingerprint density at radius 3 is 2.23 bits per heavy atom. The molecule has 2 atom stereocenters. The molecule has 0 bridgehead atoms. The molecule has 2 rings (SSSR count). The Labute approximate surface area is 153 Å². The standard InChI is InChI=1S/C18H31F3N4O/c1-25(2)16(26)12-22-17(23-14-8-4-3-5-9-14)24-15-10-6-7-13(11-15)18(19,20)21/h13-15H,3-12H2,1-2H3,(H2,22,23,24). The van der Waals surface area contributed by atoms with Crippen molar-refractivity contribution in [1.82, 2.24) is 15.5 Å². The number of carbonyl (C=O) groups excluding carboxylic acids is 1. The summed E-state index contributed by atoms with van der Waals surface area (Å²) in [5, 5.41) is 6.51. The number of likely N-dealkylation sites (N-methyl/N-ethyl adjacent to an activating group) is 1. The third-order valence-corrected chi connectivity index (χ3v) is 5.30. The van der Waals surface area contributed by atoms with E-state index >= 15 is 0 Å². The second kappa shape index (κ2) is 9.46. The van der Waals surface area contributed by atoms with E-state index in [0.717, 1.165) is 25.7 Å². The SMILES string of the molecule is CN(C)C(=O)CN=C(NC1CCCCC1)NC1CCCC(C(F)(F)F)C1. The normalized spacial score (nSPS) is 25.7. The smallest absolute Gasteiger partial charge is 0.354 e. The van der Waals surface area contributed by atoms with E-state index in [1.807, 2.05) is 0 Å². The van der Waals surface area contributed by atoms with Crippen molar-refractivity contribution in [2.45, 2.75) is 76.0 Å². The van der Waals surface area contributed by atoms with Crippen LogP contribution >= 0.6 is 0 Å². The van der Waals surface area contributed by atoms with Gasteiger partial charge in [0.1, 0.15) is 6.54 Å². The molecule has 2 saturated carbocycles. The van der Waals surface area contributed by atoms with Crippen molar-refractivity contribution in [1.29, 1.82) is 0 Å². The lowest BCUT2D eigenvalue weighted by molar-refractivity contribution is -0.183. The van der Waals surface area contributed by atoms with Crippen molar-refractivity contribution in [3.63, 3.8) is 0 Å². The Kier molecular flexibility index (Phi) is 7.58. The zero-order valence-corrected chi connectivity index (χ0v) is 15.7. The van der Waals surface area contributed by atoms with E-state index in [1.165, 1.54) is 11.3 Å². The first-order chi connectivity index (χ1) is 12.3. The van der Waals surface area contributed by atoms with E-state index in [2.05, 4.69) is 15.6 Å². The van der Waals surface area contributed by atoms with E-state index < -0.39 is 12.1 Å². The number of alkyl halides is 3. The number of halogens is 3. The van der Waals surface area contributed by atoms with Gasteiger partial charge >= 0.3 is 6.18 Å². The van der Waals surface area contributed by atoms with Crippen LogP contribution in [0.4, 0.5) is 13.2 Å². The molecule has 0 aromatic heterocycles. The predicted octanol–water partition coefficient (Wildman–Crippen LogP) is 3.06. The monoisotopic (exact) mass is 376 g/mol. The molecule has 0 aromatic carbocycles. The van der Waals surface area contributed by atoms with Crippen LogP contribution in [-0.4, -0.2) is 55.7 Å². The highest BCUT2D eigenvalue weighted by molar-refractivity contribution is 5.85. The highest BCUT2D eigenvalue weighted by atomic mass is 19.4. The fourth-order valence-corrected chi connectivity index (χ4v) is 3.67. The number of aliphatic imine (C=N–C) groups is 1. The molecule has 2 aliphatic carbocycles. The molecule has 0 heterocycles. The average Bonchev–Trinajstić information content (AvgIpc) is 2.59. The summed E-state index contributed by atoms with van der Waals surface area (Å²) in [5.41, 5.74) is 0. The third kappa shape index (κ3) is 6.68. The third-order valence-electron chi connectivity index (χ3n) is 5.30. The van der Waals surface area contributed by atoms with Gasteiger partial charge in [-0.25, -0.2) is 4.99 Å². The molecule has 0 aromatic rings. The van der Waals surface area contributed by atoms with Crippen molar-refractivity contribution >= 4 is 11.9 Å². The number of carbonyl (C=O) groups is 1. The minimum atomic E-state index is -4.14. The lowest BCUT2D eigenvalue weighted by atomic mass is 9.85. The van der Waals surface area contributed by atoms with Crippen molar-refractivity contribution in [2.24, 2.45) is 10.9 Å². The first kappa shape index (κ1) is 20.8. The first-order valence-corrected chi connectivity index (χ1v) is 9.60. The number of hydrogen-bond donors (Lipinski definition) is 2. The van der Waals surface area contributed by atoms with Crippen LogP contribution in [0.3, 0.4) is 0 Å². The van der Waals surface area contributed by atoms with Gasteiger partial charge in [-0.15, -0.1) is 0 Å². The van der Waals surface area contributed by atoms with Crippen molar-refractivity contribution in [3.05, 3.63) is 0 Å². The van der Waals surface area contributed by atoms with E-state index in [9.17, 15) is 18.0 Å². The molecular formula is C18H31F3N4O. The molecule has 5 nitrogen and oxygen atoms in total. The summed E-state index contributed by atoms with van der Waals surface area (Å²) in [6.07, 6.45) is 2.91. The molecule has 2 fully saturated rings. The van der Waals surface area contributed by atoms with Gasteiger partial charge < -0.3 is 15.5 Å². The largest absolute Gasteiger partial charge is 0.391 e. The van der Waals surface area contributed by atoms with Gasteiger partial charge in [-0.1, -0.05) is 25.7 Å². The summed E-state index contributed by atoms with van der Waals surface area (Å²) in [6, 6.07) is 0.00568. The number of nitrogens with one attached hydrogen (secondary N) is 2. The van der Waals surface area contributed by atoms with Crippen LogP contribution in [0, 0.1) is 5.92 Å². The molecule has 2 unspecified atom stereocenters. The maximum Gasteiger partial charge on any atom is 0.391 e. The second-order valence-corrected chi connectivity index (χ2v) is 7.68. The molecule has 0 radical (unpaired) electrons. The quantitative estimate of drug-likeness (QED) is 0.586. The zero-order chi connectivity index (χ0) is 19.2. The molecule has 0 aliphatic heterocycles. The lowest BCUT2D eigenvalue weighted by Gasteiger charge is -2.33. The van der Waals surface area contributed by atoms with E-state index in [1.54, 1.807) is 14.1 Å². The average molecular weight is 376 g/mol. The van der Waals surface area contributed by atoms with Gasteiger partial charge in [0.05, 0.1) is 5.92 Å². The molecule has 0 saturated heterocycles. The van der Waals surface area contributed by atoms with Crippen LogP contribution in [0.5, 0.6) is 0 Å². The second-order valence-electron chi connectivity index (χ2n) is 7.68. The summed E-state index contributed by atoms with van der Waals surface area (Å²) in [5.74, 6) is -0.917. The molecule has 2 aliphatic rings. The van der Waals surface area contributed by atoms with Crippen LogP contribution in [-0.2, 0) is 4.79 Å². The molecule has 8 heteroatoms. The predicted molar refractivity (Wildman–Crippen MR) is 95.9 cm³/mol. The lowest BCUT2D eigenvalue weighted by Crippen LogP contribution is -2.50. The fourth-order valence-electron chi connectivity index (χ4n) is 3.67. The molecule has 1 amide bonds. The number of hydrogen-bond acceptors (Lipinski definition) is 2. The molecule has 0 spiro atoms. The number of rotatable bonds is 4. The highest BCUT2D eigenvalue weighted by Gasteiger charge is 2.42. The summed E-state index contributed by atoms with van der Waals surface area (Å²) in [6.45, 7) is -0.00945. The topological polar surface area (TPSA) is 56.7 Å². The van der Waals surface area contributed by atoms with Crippen LogP contribution in [0.2, 0.25) is 0 Å². The van der Waals surface area contributed by atoms with Crippen molar-refractivity contribution in [3.8, 4) is 0 Å². The van der Waals surface area contributed by atoms with Crippen LogP contribution in [0.25, 0.3) is 0 Å². The van der Waals surface area contributed by atoms with Gasteiger partial charge in [-0.3, -0.25) is 4.79 Å². The minimum absolute atomic E-state index is 0.00945. The van der Waals surface area contributed by atoms with E-state index in [0.29, 0.717) is 18.8 Å². The summed E-state index contributed by atoms with van der Waals surface area (Å²) >= 11 is 0. The Morgan fingerprint density at radius 1 is 1.00 bits per heavy atom. The molecule has 2 N–H and O–H groups in total. The molecular weight excluding hydrogens is 345 g/mol. The Balaban J connectivity index is 1.99. The van der Waals surface area contributed by atoms with Crippen molar-refractivity contribution in [2.75, 3.05) is 20.6 Å². The van der Waals surface area contributed by atoms with Gasteiger partial charge in [-0.2, -0.15) is 13.2 Å². The maximum atomic E-state index is 13.0. The Hall–Kier alpha value is -1.47. The van der Waals surface area contributed by atoms with Gasteiger partial charge in [0.15, 0.2) is 5.96 Å². The zero-order valence-electron chi connectivity index (χ0n) is 15.7. The van der Waals surface area contributed by atoms with Gasteiger partial charge in [0, 0.05) is 26.2 Å². The number of nitrogens with zero attached hydrogens (tertiary/aromatic N) is 2. The van der Waals surface area contributed by atoms with Gasteiger partial charge in [-0.05, 0) is 32.1 Å². The van der Waals surface area contributed by atoms with Crippen LogP contribution in [0.1, 0.15) is 57.8 Å². The van der Waals surface area contributed by atoms with Crippen LogP contribution in [0.15, 0.2) is 4.99 Å². The maximum absolute atomic E-state index is 13.0. The number of amides is 1. The Morgan fingerprint density at radius 2 is 1.62 bits per heavy atom. The minimum Gasteiger partial charge on any atom is -0.354 e. The summed E-state index contributed by atoms with van der Waals surface area (Å²) in [7, 11) is 3.32. The van der Waals surface area contributed by atoms with Crippen molar-refractivity contribution < 1.29 is 18.0 Å². The summed E-state index contributed by atoms with van der Waals surface area (Å²) < 4.78 is 39.1. The van der Waals surface area contributed by atoms with E-state index in [-0.39, 0.29) is 37.4 Å². The Bertz CT molecular complexity index is 487. The van der Waals surface area contributed by atoms with E-state index in [4.69, 9.17) is 0 Å². The molecule has 26 heavy (non-hydrogen) atoms. The number of guanidine groups is 1. The fraction of sp³-hybridized carbons (Fsp3) is 0.889. The highest BCUT2D eigenvalue weighted by Crippen LogP contribution is 2.37. The van der Waals surface area contributed by atoms with Crippen LogP contribution < -0.4 is 10.6 Å². The summed E-state index contributed by atoms with van der Waals surface area (Å²) in [4.78, 5) is 17.6. The first-order valence-electron chi connectivity index (χ1n) is 9.60. The van der Waals surface area contributed by atoms with Gasteiger partial charge in [0.25, 0.3) is 0 Å².